The smallest absolute Gasteiger partial charge is 0.201 e. The van der Waals surface area contributed by atoms with Crippen molar-refractivity contribution in [3.63, 3.8) is 0 Å². The maximum Gasteiger partial charge on any atom is 0.201 e. The fraction of sp³-hybridized carbons (Fsp3) is 0.257. The lowest BCUT2D eigenvalue weighted by atomic mass is 9.75. The van der Waals surface area contributed by atoms with Gasteiger partial charge in [0.05, 0.1) is 0 Å². The van der Waals surface area contributed by atoms with Crippen LogP contribution in [0.3, 0.4) is 0 Å². The molecule has 4 nitrogen and oxygen atoms in total. The molecule has 0 saturated carbocycles. The van der Waals surface area contributed by atoms with Gasteiger partial charge in [0.2, 0.25) is 11.8 Å². The van der Waals surface area contributed by atoms with Gasteiger partial charge in [-0.3, -0.25) is 0 Å². The number of halogens is 2. The number of ether oxygens (including phenoxy) is 2. The number of hydrogen-bond donors (Lipinski definition) is 0. The second-order valence-electron chi connectivity index (χ2n) is 11.6. The molecule has 0 aromatic heterocycles. The largest absolute Gasteiger partial charge is 0.474 e. The van der Waals surface area contributed by atoms with Gasteiger partial charge in [0.15, 0.2) is 0 Å². The van der Waals surface area contributed by atoms with Crippen molar-refractivity contribution in [2.45, 2.75) is 50.0 Å². The van der Waals surface area contributed by atoms with Crippen molar-refractivity contribution >= 4 is 43.7 Å². The molecule has 0 bridgehead atoms. The number of nitrogens with zero attached hydrogens (tertiary/aromatic N) is 2. The van der Waals surface area contributed by atoms with E-state index in [-0.39, 0.29) is 24.3 Å². The van der Waals surface area contributed by atoms with Gasteiger partial charge in [0.1, 0.15) is 29.7 Å². The predicted octanol–water partition coefficient (Wildman–Crippen LogP) is 8.17. The predicted molar refractivity (Wildman–Crippen MR) is 169 cm³/mol. The van der Waals surface area contributed by atoms with Gasteiger partial charge in [0.25, 0.3) is 0 Å². The normalized spacial score (nSPS) is 23.6. The van der Waals surface area contributed by atoms with E-state index in [0.29, 0.717) is 12.8 Å². The summed E-state index contributed by atoms with van der Waals surface area (Å²) in [6.07, 6.45) is 3.09. The highest BCUT2D eigenvalue weighted by Gasteiger charge is 2.54. The molecular weight excluding hydrogens is 640 g/mol. The molecule has 0 spiro atoms. The molecule has 0 amide bonds. The van der Waals surface area contributed by atoms with E-state index in [0.717, 1.165) is 33.6 Å². The van der Waals surface area contributed by atoms with Crippen LogP contribution in [0.15, 0.2) is 116 Å². The third-order valence-electron chi connectivity index (χ3n) is 8.99. The maximum absolute atomic E-state index is 6.90. The van der Waals surface area contributed by atoms with E-state index in [4.69, 9.17) is 19.5 Å². The first kappa shape index (κ1) is 25.5. The van der Waals surface area contributed by atoms with Gasteiger partial charge in [-0.15, -0.1) is 0 Å². The molecule has 4 aromatic rings. The first-order valence-corrected chi connectivity index (χ1v) is 15.8. The van der Waals surface area contributed by atoms with Crippen LogP contribution < -0.4 is 0 Å². The van der Waals surface area contributed by atoms with E-state index in [2.05, 4.69) is 129 Å². The Morgan fingerprint density at radius 2 is 1.00 bits per heavy atom. The summed E-state index contributed by atoms with van der Waals surface area (Å²) in [4.78, 5) is 10.8. The molecule has 6 heteroatoms. The lowest BCUT2D eigenvalue weighted by Crippen LogP contribution is -2.45. The summed E-state index contributed by atoms with van der Waals surface area (Å²) in [5.74, 6) is 1.50. The number of aliphatic imine (C=N–C) groups is 2. The van der Waals surface area contributed by atoms with E-state index in [1.807, 2.05) is 0 Å². The third-order valence-corrected chi connectivity index (χ3v) is 10.0. The number of benzene rings is 4. The molecule has 4 aliphatic rings. The average molecular weight is 668 g/mol. The van der Waals surface area contributed by atoms with Crippen LogP contribution in [0.1, 0.15) is 45.5 Å². The zero-order valence-corrected chi connectivity index (χ0v) is 25.5. The monoisotopic (exact) mass is 666 g/mol. The van der Waals surface area contributed by atoms with Gasteiger partial charge in [-0.1, -0.05) is 105 Å². The second-order valence-corrected chi connectivity index (χ2v) is 13.4. The molecule has 4 atom stereocenters. The van der Waals surface area contributed by atoms with Crippen LogP contribution in [0.5, 0.6) is 0 Å². The van der Waals surface area contributed by atoms with Crippen LogP contribution in [0.25, 0.3) is 0 Å². The van der Waals surface area contributed by atoms with Crippen LogP contribution in [-0.2, 0) is 35.2 Å². The number of rotatable bonds is 6. The molecule has 0 unspecified atom stereocenters. The molecule has 8 rings (SSSR count). The highest BCUT2D eigenvalue weighted by molar-refractivity contribution is 9.10. The van der Waals surface area contributed by atoms with Crippen LogP contribution in [-0.4, -0.2) is 24.0 Å². The summed E-state index contributed by atoms with van der Waals surface area (Å²) in [6.45, 7) is 0. The summed E-state index contributed by atoms with van der Waals surface area (Å²) in [6, 6.07) is 34.3. The van der Waals surface area contributed by atoms with Crippen molar-refractivity contribution in [3.05, 3.63) is 139 Å². The first-order chi connectivity index (χ1) is 20.1. The molecule has 2 aliphatic carbocycles. The summed E-state index contributed by atoms with van der Waals surface area (Å²) in [7, 11) is 0. The van der Waals surface area contributed by atoms with Crippen molar-refractivity contribution in [1.82, 2.24) is 0 Å². The minimum atomic E-state index is -0.680. The average Bonchev–Trinajstić information content (AvgIpc) is 3.74. The Hall–Kier alpha value is -3.22. The lowest BCUT2D eigenvalue weighted by Gasteiger charge is -2.34. The molecule has 2 heterocycles. The summed E-state index contributed by atoms with van der Waals surface area (Å²) < 4.78 is 15.9. The Balaban J connectivity index is 1.29. The van der Waals surface area contributed by atoms with Gasteiger partial charge in [-0.05, 0) is 70.5 Å². The molecule has 0 fully saturated rings. The van der Waals surface area contributed by atoms with Crippen LogP contribution >= 0.6 is 31.9 Å². The van der Waals surface area contributed by atoms with Gasteiger partial charge in [0, 0.05) is 21.8 Å². The molecule has 0 N–H and O–H groups in total. The fourth-order valence-corrected chi connectivity index (χ4v) is 7.55. The van der Waals surface area contributed by atoms with Gasteiger partial charge in [-0.25, -0.2) is 9.98 Å². The van der Waals surface area contributed by atoms with Crippen molar-refractivity contribution < 1.29 is 9.47 Å². The number of hydrogen-bond acceptors (Lipinski definition) is 4. The van der Waals surface area contributed by atoms with E-state index < -0.39 is 5.41 Å². The van der Waals surface area contributed by atoms with Crippen LogP contribution in [0, 0.1) is 5.41 Å². The Morgan fingerprint density at radius 1 is 0.585 bits per heavy atom. The molecule has 2 aliphatic heterocycles. The molecule has 0 radical (unpaired) electrons. The summed E-state index contributed by atoms with van der Waals surface area (Å²) >= 11 is 7.23. The van der Waals surface area contributed by atoms with E-state index >= 15 is 0 Å². The Labute approximate surface area is 256 Å². The topological polar surface area (TPSA) is 43.2 Å². The highest BCUT2D eigenvalue weighted by Crippen LogP contribution is 2.49. The van der Waals surface area contributed by atoms with Crippen LogP contribution in [0.2, 0.25) is 0 Å². The minimum Gasteiger partial charge on any atom is -0.474 e. The molecule has 0 saturated heterocycles. The van der Waals surface area contributed by atoms with Crippen LogP contribution in [0.4, 0.5) is 0 Å². The first-order valence-electron chi connectivity index (χ1n) is 14.2. The minimum absolute atomic E-state index is 0.00107. The standard InChI is InChI=1S/C35H28Br2N2O2/c36-25-13-9-21(10-14-25)19-35(20-22-11-15-26(37)16-12-22,33-38-31-27-7-3-1-5-23(27)17-29(31)40-33)34-39-32-28-8-4-2-6-24(28)18-30(32)41-34/h1-16,29-32H,17-20H2/t29-,30-,31+,32+/m1/s1. The summed E-state index contributed by atoms with van der Waals surface area (Å²) in [5.41, 5.74) is 6.91. The molecule has 4 aromatic carbocycles. The van der Waals surface area contributed by atoms with E-state index in [9.17, 15) is 0 Å². The Morgan fingerprint density at radius 3 is 1.44 bits per heavy atom. The highest BCUT2D eigenvalue weighted by atomic mass is 79.9. The fourth-order valence-electron chi connectivity index (χ4n) is 7.02. The zero-order valence-electron chi connectivity index (χ0n) is 22.3. The van der Waals surface area contributed by atoms with Gasteiger partial charge >= 0.3 is 0 Å². The summed E-state index contributed by atoms with van der Waals surface area (Å²) in [5, 5.41) is 0. The maximum atomic E-state index is 6.90. The third kappa shape index (κ3) is 4.38. The van der Waals surface area contributed by atoms with Crippen molar-refractivity contribution in [1.29, 1.82) is 0 Å². The van der Waals surface area contributed by atoms with Gasteiger partial charge in [-0.2, -0.15) is 0 Å². The second kappa shape index (κ2) is 9.95. The van der Waals surface area contributed by atoms with Gasteiger partial charge < -0.3 is 9.47 Å². The van der Waals surface area contributed by atoms with Crippen molar-refractivity contribution in [2.24, 2.45) is 15.4 Å². The van der Waals surface area contributed by atoms with E-state index in [1.165, 1.54) is 33.4 Å². The van der Waals surface area contributed by atoms with E-state index in [1.54, 1.807) is 0 Å². The quantitative estimate of drug-likeness (QED) is 0.208. The molecule has 41 heavy (non-hydrogen) atoms. The van der Waals surface area contributed by atoms with Crippen molar-refractivity contribution in [3.8, 4) is 0 Å². The zero-order chi connectivity index (χ0) is 27.6. The molecular formula is C35H28Br2N2O2. The SMILES string of the molecule is Brc1ccc(CC(Cc2ccc(Br)cc2)(C2=N[C@H]3c4ccccc4C[C@H]3O2)C2=N[C@H]3c4ccccc4C[C@H]3O2)cc1. The Bertz CT molecular complexity index is 1570. The lowest BCUT2D eigenvalue weighted by molar-refractivity contribution is 0.162. The molecule has 204 valence electrons. The number of fused-ring (bicyclic) bond motifs is 6. The Kier molecular flexibility index (Phi) is 6.19. The van der Waals surface area contributed by atoms with Crippen molar-refractivity contribution in [2.75, 3.05) is 0 Å².